The van der Waals surface area contributed by atoms with E-state index in [2.05, 4.69) is 35.4 Å². The first-order valence-electron chi connectivity index (χ1n) is 5.85. The van der Waals surface area contributed by atoms with Crippen LogP contribution in [-0.4, -0.2) is 11.5 Å². The second kappa shape index (κ2) is 6.66. The molecule has 0 aliphatic rings. The van der Waals surface area contributed by atoms with Gasteiger partial charge in [0.05, 0.1) is 0 Å². The number of halogens is 1. The van der Waals surface area contributed by atoms with Gasteiger partial charge in [-0.1, -0.05) is 23.7 Å². The Kier molecular flexibility index (Phi) is 4.90. The van der Waals surface area contributed by atoms with Crippen molar-refractivity contribution in [3.05, 3.63) is 53.2 Å². The average Bonchev–Trinajstić information content (AvgIpc) is 2.39. The van der Waals surface area contributed by atoms with E-state index in [4.69, 9.17) is 11.6 Å². The molecule has 0 fully saturated rings. The Morgan fingerprint density at radius 3 is 2.72 bits per heavy atom. The van der Waals surface area contributed by atoms with E-state index in [-0.39, 0.29) is 0 Å². The van der Waals surface area contributed by atoms with Crippen molar-refractivity contribution in [2.24, 2.45) is 0 Å². The fourth-order valence-electron chi connectivity index (χ4n) is 1.53. The highest BCUT2D eigenvalue weighted by Gasteiger charge is 1.99. The highest BCUT2D eigenvalue weighted by molar-refractivity contribution is 7.98. The summed E-state index contributed by atoms with van der Waals surface area (Å²) >= 11 is 7.66. The largest absolute Gasteiger partial charge is 0.370 e. The van der Waals surface area contributed by atoms with Crippen LogP contribution in [0.25, 0.3) is 0 Å². The Morgan fingerprint density at radius 2 is 2.00 bits per heavy atom. The quantitative estimate of drug-likeness (QED) is 0.818. The maximum absolute atomic E-state index is 5.86. The molecule has 0 unspecified atom stereocenters. The normalized spacial score (nSPS) is 10.3. The van der Waals surface area contributed by atoms with Crippen LogP contribution in [0.4, 0.5) is 5.82 Å². The van der Waals surface area contributed by atoms with E-state index < -0.39 is 0 Å². The van der Waals surface area contributed by atoms with Crippen LogP contribution < -0.4 is 5.32 Å². The highest BCUT2D eigenvalue weighted by atomic mass is 35.5. The van der Waals surface area contributed by atoms with Crippen LogP contribution >= 0.6 is 23.4 Å². The Morgan fingerprint density at radius 1 is 1.22 bits per heavy atom. The zero-order chi connectivity index (χ0) is 12.8. The molecule has 94 valence electrons. The van der Waals surface area contributed by atoms with Crippen LogP contribution in [-0.2, 0) is 5.75 Å². The van der Waals surface area contributed by atoms with E-state index in [9.17, 15) is 0 Å². The molecule has 0 aliphatic carbocycles. The number of benzene rings is 1. The molecule has 1 heterocycles. The van der Waals surface area contributed by atoms with Gasteiger partial charge in [-0.15, -0.1) is 11.8 Å². The number of hydrogen-bond acceptors (Lipinski definition) is 3. The molecule has 0 aliphatic heterocycles. The fourth-order valence-corrected chi connectivity index (χ4v) is 2.53. The topological polar surface area (TPSA) is 24.9 Å². The number of nitrogens with zero attached hydrogens (tertiary/aromatic N) is 1. The van der Waals surface area contributed by atoms with E-state index in [1.807, 2.05) is 24.4 Å². The van der Waals surface area contributed by atoms with Crippen molar-refractivity contribution in [2.45, 2.75) is 17.6 Å². The molecular weight excluding hydrogens is 264 g/mol. The predicted octanol–water partition coefficient (Wildman–Crippen LogP) is 4.46. The van der Waals surface area contributed by atoms with Gasteiger partial charge in [0.2, 0.25) is 0 Å². The van der Waals surface area contributed by atoms with Crippen LogP contribution in [0.2, 0.25) is 5.02 Å². The molecule has 0 saturated carbocycles. The lowest BCUT2D eigenvalue weighted by Crippen LogP contribution is -1.98. The van der Waals surface area contributed by atoms with Crippen LogP contribution in [0, 0.1) is 0 Å². The molecule has 18 heavy (non-hydrogen) atoms. The first-order valence-corrected chi connectivity index (χ1v) is 7.21. The van der Waals surface area contributed by atoms with Gasteiger partial charge in [0.1, 0.15) is 5.82 Å². The summed E-state index contributed by atoms with van der Waals surface area (Å²) in [7, 11) is 0. The summed E-state index contributed by atoms with van der Waals surface area (Å²) in [6.45, 7) is 2.95. The zero-order valence-electron chi connectivity index (χ0n) is 10.2. The van der Waals surface area contributed by atoms with Gasteiger partial charge in [0.25, 0.3) is 0 Å². The van der Waals surface area contributed by atoms with Crippen molar-refractivity contribution in [3.8, 4) is 0 Å². The minimum absolute atomic E-state index is 0.780. The molecule has 2 rings (SSSR count). The number of thioether (sulfide) groups is 1. The maximum Gasteiger partial charge on any atom is 0.126 e. The first-order chi connectivity index (χ1) is 8.78. The molecule has 0 radical (unpaired) electrons. The van der Waals surface area contributed by atoms with Gasteiger partial charge in [-0.3, -0.25) is 0 Å². The van der Waals surface area contributed by atoms with Gasteiger partial charge in [-0.2, -0.15) is 0 Å². The third kappa shape index (κ3) is 3.93. The summed E-state index contributed by atoms with van der Waals surface area (Å²) in [5.74, 6) is 1.87. The third-order valence-corrected chi connectivity index (χ3v) is 3.72. The lowest BCUT2D eigenvalue weighted by atomic mass is 10.2. The minimum Gasteiger partial charge on any atom is -0.370 e. The molecule has 0 saturated heterocycles. The molecule has 1 aromatic carbocycles. The van der Waals surface area contributed by atoms with E-state index in [0.717, 1.165) is 23.1 Å². The molecule has 0 amide bonds. The predicted molar refractivity (Wildman–Crippen MR) is 79.4 cm³/mol. The van der Waals surface area contributed by atoms with Gasteiger partial charge in [-0.05, 0) is 36.8 Å². The average molecular weight is 279 g/mol. The van der Waals surface area contributed by atoms with Crippen molar-refractivity contribution in [1.29, 1.82) is 0 Å². The highest BCUT2D eigenvalue weighted by Crippen LogP contribution is 2.24. The lowest BCUT2D eigenvalue weighted by molar-refractivity contribution is 1.14. The number of pyridine rings is 1. The van der Waals surface area contributed by atoms with Crippen molar-refractivity contribution in [2.75, 3.05) is 11.9 Å². The molecule has 1 aromatic heterocycles. The van der Waals surface area contributed by atoms with Crippen LogP contribution in [0.5, 0.6) is 0 Å². The van der Waals surface area contributed by atoms with E-state index in [1.165, 1.54) is 10.5 Å². The molecule has 4 heteroatoms. The summed E-state index contributed by atoms with van der Waals surface area (Å²) < 4.78 is 0. The maximum atomic E-state index is 5.86. The van der Waals surface area contributed by atoms with Crippen LogP contribution in [0.15, 0.2) is 47.5 Å². The lowest BCUT2D eigenvalue weighted by Gasteiger charge is -2.05. The fraction of sp³-hybridized carbons (Fsp3) is 0.214. The number of aromatic nitrogens is 1. The van der Waals surface area contributed by atoms with Crippen LogP contribution in [0.3, 0.4) is 0 Å². The second-order valence-corrected chi connectivity index (χ2v) is 5.31. The molecular formula is C14H15ClN2S. The van der Waals surface area contributed by atoms with E-state index >= 15 is 0 Å². The molecule has 2 nitrogen and oxygen atoms in total. The number of nitrogens with one attached hydrogen (secondary N) is 1. The Bertz CT molecular complexity index is 499. The number of hydrogen-bond donors (Lipinski definition) is 1. The van der Waals surface area contributed by atoms with E-state index in [0.29, 0.717) is 0 Å². The first kappa shape index (κ1) is 13.2. The summed E-state index contributed by atoms with van der Waals surface area (Å²) in [6, 6.07) is 12.1. The van der Waals surface area contributed by atoms with Gasteiger partial charge in [0, 0.05) is 28.4 Å². The Balaban J connectivity index is 1.97. The third-order valence-electron chi connectivity index (χ3n) is 2.41. The molecule has 0 spiro atoms. The van der Waals surface area contributed by atoms with Crippen molar-refractivity contribution in [1.82, 2.24) is 4.98 Å². The molecule has 2 aromatic rings. The van der Waals surface area contributed by atoms with Gasteiger partial charge in [-0.25, -0.2) is 4.98 Å². The second-order valence-electron chi connectivity index (χ2n) is 3.82. The summed E-state index contributed by atoms with van der Waals surface area (Å²) in [4.78, 5) is 5.47. The summed E-state index contributed by atoms with van der Waals surface area (Å²) in [5, 5.41) is 3.99. The van der Waals surface area contributed by atoms with E-state index in [1.54, 1.807) is 11.8 Å². The van der Waals surface area contributed by atoms with Crippen molar-refractivity contribution in [3.63, 3.8) is 0 Å². The zero-order valence-corrected chi connectivity index (χ0v) is 11.8. The monoisotopic (exact) mass is 278 g/mol. The molecule has 0 atom stereocenters. The summed E-state index contributed by atoms with van der Waals surface area (Å²) in [6.07, 6.45) is 1.84. The number of rotatable bonds is 5. The SMILES string of the molecule is CCNc1cc(SCc2ccc(Cl)cc2)ccn1. The smallest absolute Gasteiger partial charge is 0.126 e. The van der Waals surface area contributed by atoms with Crippen LogP contribution in [0.1, 0.15) is 12.5 Å². The van der Waals surface area contributed by atoms with Gasteiger partial charge >= 0.3 is 0 Å². The Hall–Kier alpha value is -1.19. The van der Waals surface area contributed by atoms with Gasteiger partial charge < -0.3 is 5.32 Å². The standard InChI is InChI=1S/C14H15ClN2S/c1-2-16-14-9-13(7-8-17-14)18-10-11-3-5-12(15)6-4-11/h3-9H,2,10H2,1H3,(H,16,17). The van der Waals surface area contributed by atoms with Crippen molar-refractivity contribution < 1.29 is 0 Å². The number of anilines is 1. The molecule has 0 bridgehead atoms. The van der Waals surface area contributed by atoms with Gasteiger partial charge in [0.15, 0.2) is 0 Å². The summed E-state index contributed by atoms with van der Waals surface area (Å²) in [5.41, 5.74) is 1.27. The Labute approximate surface area is 117 Å². The van der Waals surface area contributed by atoms with Crippen molar-refractivity contribution >= 4 is 29.2 Å². The minimum atomic E-state index is 0.780. The molecule has 1 N–H and O–H groups in total.